The highest BCUT2D eigenvalue weighted by Crippen LogP contribution is 2.27. The largest absolute Gasteiger partial charge is 0.466 e. The molecule has 1 aromatic carbocycles. The predicted molar refractivity (Wildman–Crippen MR) is 73.1 cm³/mol. The van der Waals surface area contributed by atoms with Crippen molar-refractivity contribution in [1.82, 2.24) is 0 Å². The Morgan fingerprint density at radius 3 is 2.91 bits per heavy atom. The van der Waals surface area contributed by atoms with E-state index in [1.165, 1.54) is 19.4 Å². The quantitative estimate of drug-likeness (QED) is 0.623. The van der Waals surface area contributed by atoms with Gasteiger partial charge in [0, 0.05) is 29.8 Å². The molecule has 0 aliphatic carbocycles. The Morgan fingerprint density at radius 2 is 2.18 bits per heavy atom. The van der Waals surface area contributed by atoms with E-state index in [0.29, 0.717) is 17.2 Å². The molecule has 0 amide bonds. The first-order chi connectivity index (χ1) is 10.9. The summed E-state index contributed by atoms with van der Waals surface area (Å²) in [5, 5.41) is 0. The molecule has 2 aliphatic heterocycles. The van der Waals surface area contributed by atoms with Gasteiger partial charge in [-0.25, -0.2) is 28.0 Å². The molecule has 0 bridgehead atoms. The van der Waals surface area contributed by atoms with Crippen LogP contribution in [0.3, 0.4) is 0 Å². The van der Waals surface area contributed by atoms with E-state index < -0.39 is 35.0 Å². The fourth-order valence-corrected chi connectivity index (χ4v) is 2.16. The van der Waals surface area contributed by atoms with Crippen molar-refractivity contribution in [3.05, 3.63) is 58.5 Å². The topological polar surface area (TPSA) is 51.0 Å². The molecular weight excluding hydrogens is 297 g/mol. The summed E-state index contributed by atoms with van der Waals surface area (Å²) in [6.07, 6.45) is 2.85. The third kappa shape index (κ3) is 2.34. The number of carbonyl (C=O) groups is 1. The summed E-state index contributed by atoms with van der Waals surface area (Å²) in [7, 11) is 1.23. The molecule has 0 unspecified atom stereocenters. The zero-order valence-corrected chi connectivity index (χ0v) is 11.3. The van der Waals surface area contributed by atoms with E-state index in [-0.39, 0.29) is 18.0 Å². The Labute approximate surface area is 124 Å². The predicted octanol–water partition coefficient (Wildman–Crippen LogP) is 2.69. The third-order valence-electron chi connectivity index (χ3n) is 3.20. The fourth-order valence-electron chi connectivity index (χ4n) is 2.16. The fraction of sp³-hybridized carbons (Fsp3) is 0.133. The summed E-state index contributed by atoms with van der Waals surface area (Å²) in [6, 6.07) is -0.426. The lowest BCUT2D eigenvalue weighted by Crippen LogP contribution is -2.10. The summed E-state index contributed by atoms with van der Waals surface area (Å²) < 4.78 is 52.6. The van der Waals surface area contributed by atoms with E-state index in [0.717, 1.165) is 0 Å². The SMILES string of the molecule is [2H]c1c(F)cc(C2=NC3=NC=C(C(=O)OC)CC3=C2)c(F)c1F. The monoisotopic (exact) mass is 307 g/mol. The number of esters is 1. The van der Waals surface area contributed by atoms with Crippen molar-refractivity contribution in [1.29, 1.82) is 0 Å². The molecule has 0 aromatic heterocycles. The molecule has 2 heterocycles. The Bertz CT molecular complexity index is 857. The number of fused-ring (bicyclic) bond motifs is 1. The van der Waals surface area contributed by atoms with E-state index in [4.69, 9.17) is 1.37 Å². The number of hydrogen-bond acceptors (Lipinski definition) is 4. The molecule has 0 fully saturated rings. The van der Waals surface area contributed by atoms with Crippen molar-refractivity contribution in [2.75, 3.05) is 7.11 Å². The van der Waals surface area contributed by atoms with Crippen molar-refractivity contribution in [2.24, 2.45) is 9.98 Å². The Morgan fingerprint density at radius 1 is 1.41 bits per heavy atom. The summed E-state index contributed by atoms with van der Waals surface area (Å²) in [5.74, 6) is -4.43. The van der Waals surface area contributed by atoms with Crippen LogP contribution < -0.4 is 0 Å². The first kappa shape index (κ1) is 13.0. The molecular formula is C15H9F3N2O2. The minimum absolute atomic E-state index is 0.0198. The van der Waals surface area contributed by atoms with Crippen LogP contribution in [0.25, 0.3) is 0 Å². The average Bonchev–Trinajstić information content (AvgIpc) is 2.98. The van der Waals surface area contributed by atoms with E-state index >= 15 is 0 Å². The van der Waals surface area contributed by atoms with Crippen LogP contribution in [0.15, 0.2) is 45.5 Å². The molecule has 3 rings (SSSR count). The van der Waals surface area contributed by atoms with E-state index in [1.54, 1.807) is 0 Å². The van der Waals surface area contributed by atoms with Gasteiger partial charge in [0.05, 0.1) is 19.8 Å². The van der Waals surface area contributed by atoms with Gasteiger partial charge in [-0.05, 0) is 12.1 Å². The lowest BCUT2D eigenvalue weighted by Gasteiger charge is -2.09. The van der Waals surface area contributed by atoms with Gasteiger partial charge >= 0.3 is 5.97 Å². The standard InChI is InChI=1S/C15H9F3N2O2/c1-22-15(21)8-2-7-3-12(20-14(7)19-6-8)10-4-9(16)5-11(17)13(10)18/h3-6H,2H2,1H3/i5D. The van der Waals surface area contributed by atoms with Gasteiger partial charge < -0.3 is 4.74 Å². The summed E-state index contributed by atoms with van der Waals surface area (Å²) >= 11 is 0. The van der Waals surface area contributed by atoms with Crippen LogP contribution in [-0.2, 0) is 9.53 Å². The maximum atomic E-state index is 13.9. The van der Waals surface area contributed by atoms with Gasteiger partial charge in [-0.1, -0.05) is 0 Å². The number of carbonyl (C=O) groups excluding carboxylic acids is 1. The van der Waals surface area contributed by atoms with E-state index in [2.05, 4.69) is 14.7 Å². The van der Waals surface area contributed by atoms with E-state index in [1.807, 2.05) is 0 Å². The van der Waals surface area contributed by atoms with Crippen LogP contribution in [0.4, 0.5) is 13.2 Å². The number of rotatable bonds is 2. The van der Waals surface area contributed by atoms with E-state index in [9.17, 15) is 18.0 Å². The number of amidine groups is 1. The smallest absolute Gasteiger partial charge is 0.335 e. The second kappa shape index (κ2) is 5.25. The summed E-state index contributed by atoms with van der Waals surface area (Å²) in [4.78, 5) is 19.5. The number of nitrogens with zero attached hydrogens (tertiary/aromatic N) is 2. The number of ether oxygens (including phenoxy) is 1. The van der Waals surface area contributed by atoms with Crippen LogP contribution in [0.2, 0.25) is 0 Å². The molecule has 112 valence electrons. The number of aliphatic imine (C=N–C) groups is 2. The molecule has 0 saturated heterocycles. The highest BCUT2D eigenvalue weighted by molar-refractivity contribution is 6.25. The maximum absolute atomic E-state index is 13.9. The molecule has 0 spiro atoms. The molecule has 0 saturated carbocycles. The van der Waals surface area contributed by atoms with Gasteiger partial charge in [-0.3, -0.25) is 0 Å². The third-order valence-corrected chi connectivity index (χ3v) is 3.20. The molecule has 0 N–H and O–H groups in total. The maximum Gasteiger partial charge on any atom is 0.335 e. The molecule has 0 radical (unpaired) electrons. The van der Waals surface area contributed by atoms with Crippen LogP contribution in [0.5, 0.6) is 0 Å². The number of benzene rings is 1. The molecule has 2 aliphatic rings. The molecule has 7 heteroatoms. The average molecular weight is 307 g/mol. The molecule has 22 heavy (non-hydrogen) atoms. The van der Waals surface area contributed by atoms with Crippen LogP contribution in [0.1, 0.15) is 13.4 Å². The van der Waals surface area contributed by atoms with Gasteiger partial charge in [-0.2, -0.15) is 0 Å². The zero-order valence-electron chi connectivity index (χ0n) is 12.3. The number of methoxy groups -OCH3 is 1. The van der Waals surface area contributed by atoms with Crippen molar-refractivity contribution in [3.8, 4) is 0 Å². The van der Waals surface area contributed by atoms with Crippen LogP contribution >= 0.6 is 0 Å². The van der Waals surface area contributed by atoms with Crippen molar-refractivity contribution >= 4 is 17.5 Å². The van der Waals surface area contributed by atoms with Gasteiger partial charge in [0.15, 0.2) is 17.5 Å². The van der Waals surface area contributed by atoms with Crippen LogP contribution in [0, 0.1) is 17.5 Å². The number of allylic oxidation sites excluding steroid dienone is 1. The molecule has 0 atom stereocenters. The summed E-state index contributed by atoms with van der Waals surface area (Å²) in [6.45, 7) is 0. The first-order valence-electron chi connectivity index (χ1n) is 6.71. The van der Waals surface area contributed by atoms with Crippen molar-refractivity contribution in [2.45, 2.75) is 6.42 Å². The minimum atomic E-state index is -1.58. The second-order valence-electron chi connectivity index (χ2n) is 4.60. The number of halogens is 3. The molecule has 4 nitrogen and oxygen atoms in total. The highest BCUT2D eigenvalue weighted by Gasteiger charge is 2.26. The summed E-state index contributed by atoms with van der Waals surface area (Å²) in [5.41, 5.74) is 0.380. The lowest BCUT2D eigenvalue weighted by atomic mass is 10.0. The Kier molecular flexibility index (Phi) is 3.10. The van der Waals surface area contributed by atoms with Crippen LogP contribution in [-0.4, -0.2) is 24.6 Å². The van der Waals surface area contributed by atoms with Crippen molar-refractivity contribution < 1.29 is 24.1 Å². The lowest BCUT2D eigenvalue weighted by molar-refractivity contribution is -0.136. The Balaban J connectivity index is 1.99. The van der Waals surface area contributed by atoms with Gasteiger partial charge in [0.25, 0.3) is 0 Å². The normalized spacial score (nSPS) is 17.0. The van der Waals surface area contributed by atoms with Gasteiger partial charge in [0.1, 0.15) is 5.82 Å². The van der Waals surface area contributed by atoms with Gasteiger partial charge in [0.2, 0.25) is 0 Å². The first-order valence-corrected chi connectivity index (χ1v) is 6.21. The Hall–Kier alpha value is -2.70. The second-order valence-corrected chi connectivity index (χ2v) is 4.60. The minimum Gasteiger partial charge on any atom is -0.466 e. The number of hydrogen-bond donors (Lipinski definition) is 0. The molecule has 1 aromatic rings. The van der Waals surface area contributed by atoms with Crippen molar-refractivity contribution in [3.63, 3.8) is 0 Å². The van der Waals surface area contributed by atoms with Gasteiger partial charge in [-0.15, -0.1) is 0 Å². The highest BCUT2D eigenvalue weighted by atomic mass is 19.2. The zero-order chi connectivity index (χ0) is 16.7.